The van der Waals surface area contributed by atoms with E-state index in [0.717, 1.165) is 185 Å². The Kier molecular flexibility index (Phi) is 15.6. The maximum Gasteiger partial charge on any atom is 0.164 e. The zero-order valence-electron chi connectivity index (χ0n) is 59.8. The van der Waals surface area contributed by atoms with Crippen molar-refractivity contribution in [3.63, 3.8) is 0 Å². The molecule has 0 aliphatic heterocycles. The molecule has 0 spiro atoms. The second-order valence-electron chi connectivity index (χ2n) is 27.6. The van der Waals surface area contributed by atoms with Crippen molar-refractivity contribution in [2.75, 3.05) is 0 Å². The van der Waals surface area contributed by atoms with Crippen LogP contribution in [0.5, 0.6) is 0 Å². The minimum atomic E-state index is 0.553. The summed E-state index contributed by atoms with van der Waals surface area (Å²) in [5, 5.41) is 7.98. The van der Waals surface area contributed by atoms with Crippen molar-refractivity contribution in [2.45, 2.75) is 0 Å². The minimum Gasteiger partial charge on any atom is -0.456 e. The van der Waals surface area contributed by atoms with E-state index < -0.39 is 0 Å². The smallest absolute Gasteiger partial charge is 0.164 e. The molecule has 0 amide bonds. The number of thiophene rings is 2. The van der Waals surface area contributed by atoms with Crippen LogP contribution in [0, 0.1) is 0 Å². The van der Waals surface area contributed by atoms with Crippen LogP contribution in [0.25, 0.3) is 231 Å². The summed E-state index contributed by atoms with van der Waals surface area (Å²) in [5.74, 6) is 4.75. The highest BCUT2D eigenvalue weighted by Crippen LogP contribution is 2.49. The average Bonchev–Trinajstić information content (AvgIpc) is 1.60. The predicted octanol–water partition coefficient (Wildman–Crippen LogP) is 26.1. The third-order valence-corrected chi connectivity index (χ3v) is 23.1. The monoisotopic (exact) mass is 1480 g/mol. The van der Waals surface area contributed by atoms with E-state index in [1.54, 1.807) is 22.7 Å². The van der Waals surface area contributed by atoms with Crippen LogP contribution >= 0.6 is 22.7 Å². The Bertz CT molecular complexity index is 7620. The van der Waals surface area contributed by atoms with E-state index in [1.165, 1.54) is 0 Å². The lowest BCUT2D eigenvalue weighted by Crippen LogP contribution is -2.00. The fourth-order valence-electron chi connectivity index (χ4n) is 15.5. The summed E-state index contributed by atoms with van der Waals surface area (Å²) in [6, 6.07) is 115. The Morgan fingerprint density at radius 1 is 0.186 bits per heavy atom. The topological polar surface area (TPSA) is 168 Å². The van der Waals surface area contributed by atoms with Crippen LogP contribution in [-0.2, 0) is 0 Å². The summed E-state index contributed by atoms with van der Waals surface area (Å²) in [7, 11) is 0. The normalized spacial score (nSPS) is 11.7. The Balaban J connectivity index is 0.000000138. The minimum absolute atomic E-state index is 0.553. The average molecular weight is 1490 g/mol. The molecule has 9 aromatic heterocycles. The second-order valence-corrected chi connectivity index (χ2v) is 29.7. The van der Waals surface area contributed by atoms with Crippen LogP contribution in [0.4, 0.5) is 0 Å². The highest BCUT2D eigenvalue weighted by Gasteiger charge is 2.28. The van der Waals surface area contributed by atoms with E-state index in [0.29, 0.717) is 46.6 Å². The number of benzene rings is 14. The molecule has 23 aromatic rings. The highest BCUT2D eigenvalue weighted by molar-refractivity contribution is 7.26. The second kappa shape index (κ2) is 27.0. The van der Waals surface area contributed by atoms with Crippen molar-refractivity contribution in [3.05, 3.63) is 340 Å². The van der Waals surface area contributed by atoms with Gasteiger partial charge in [0, 0.05) is 103 Å². The number of fused-ring (bicyclic) bond motifs is 15. The standard InChI is InChI=1S/C49H27N5O2S.C49H29N5OS/c1-3-14-28(15-4-1)46-52-47(29-16-5-2-6-17-29)54-48(53-46)34-22-13-26-38-41(34)40-33(21-12-25-37(40)55-38)43-45-42(32-19-8-10-27-39(32)57-45)50-49(51-43)35-23-11-20-31-30-18-7-9-24-36(30)56-44(31)35;1-4-14-30(15-5-1)31-26-28-34(29-27-31)48-52-47(33-18-8-3-9-19-33)53-49(54-48)37-22-13-24-39-42(37)41-36(21-12-23-38(41)55-39)44-45-43(35-20-10-11-25-40(35)56-45)50-46(51-44)32-16-6-2-7-17-32/h1-27H;1-29H. The van der Waals surface area contributed by atoms with Gasteiger partial charge in [0.1, 0.15) is 33.5 Å². The van der Waals surface area contributed by atoms with Crippen LogP contribution in [0.15, 0.2) is 353 Å². The first kappa shape index (κ1) is 65.2. The molecule has 0 unspecified atom stereocenters. The number of aromatic nitrogens is 10. The van der Waals surface area contributed by atoms with Crippen LogP contribution in [-0.4, -0.2) is 49.8 Å². The quantitative estimate of drug-likeness (QED) is 0.120. The van der Waals surface area contributed by atoms with Crippen molar-refractivity contribution in [1.82, 2.24) is 49.8 Å². The molecule has 13 nitrogen and oxygen atoms in total. The van der Waals surface area contributed by atoms with Crippen LogP contribution in [0.3, 0.4) is 0 Å². The molecule has 14 aromatic carbocycles. The van der Waals surface area contributed by atoms with Crippen LogP contribution in [0.2, 0.25) is 0 Å². The molecule has 0 radical (unpaired) electrons. The molecule has 113 heavy (non-hydrogen) atoms. The third kappa shape index (κ3) is 11.4. The molecule has 0 fully saturated rings. The first-order valence-electron chi connectivity index (χ1n) is 37.1. The van der Waals surface area contributed by atoms with Gasteiger partial charge >= 0.3 is 0 Å². The number of nitrogens with zero attached hydrogens (tertiary/aromatic N) is 10. The molecule has 9 heterocycles. The lowest BCUT2D eigenvalue weighted by Gasteiger charge is -2.11. The molecule has 0 N–H and O–H groups in total. The van der Waals surface area contributed by atoms with Gasteiger partial charge in [0.2, 0.25) is 0 Å². The van der Waals surface area contributed by atoms with Gasteiger partial charge in [-0.1, -0.05) is 291 Å². The zero-order chi connectivity index (χ0) is 74.5. The van der Waals surface area contributed by atoms with Gasteiger partial charge in [-0.2, -0.15) is 0 Å². The number of rotatable bonds is 11. The lowest BCUT2D eigenvalue weighted by molar-refractivity contribution is 0.668. The molecule has 0 saturated carbocycles. The van der Waals surface area contributed by atoms with E-state index in [9.17, 15) is 0 Å². The van der Waals surface area contributed by atoms with Crippen LogP contribution < -0.4 is 0 Å². The van der Waals surface area contributed by atoms with Crippen molar-refractivity contribution in [1.29, 1.82) is 0 Å². The molecular formula is C98H56N10O3S2. The van der Waals surface area contributed by atoms with Gasteiger partial charge in [-0.15, -0.1) is 22.7 Å². The number of furan rings is 3. The maximum atomic E-state index is 6.66. The van der Waals surface area contributed by atoms with Gasteiger partial charge in [-0.05, 0) is 59.7 Å². The third-order valence-electron chi connectivity index (χ3n) is 20.8. The summed E-state index contributed by atoms with van der Waals surface area (Å²) < 4.78 is 24.1. The summed E-state index contributed by atoms with van der Waals surface area (Å²) in [6.07, 6.45) is 0. The summed E-state index contributed by atoms with van der Waals surface area (Å²) in [6.45, 7) is 0. The molecule has 0 saturated heterocycles. The van der Waals surface area contributed by atoms with Gasteiger partial charge in [0.15, 0.2) is 46.6 Å². The van der Waals surface area contributed by atoms with Crippen molar-refractivity contribution in [3.8, 4) is 125 Å². The Labute approximate surface area is 652 Å². The first-order valence-corrected chi connectivity index (χ1v) is 38.7. The van der Waals surface area contributed by atoms with Gasteiger partial charge in [-0.25, -0.2) is 49.8 Å². The Hall–Kier alpha value is -14.9. The lowest BCUT2D eigenvalue weighted by atomic mass is 9.99. The van der Waals surface area contributed by atoms with Gasteiger partial charge in [0.25, 0.3) is 0 Å². The number of hydrogen-bond donors (Lipinski definition) is 0. The van der Waals surface area contributed by atoms with E-state index in [4.69, 9.17) is 63.1 Å². The van der Waals surface area contributed by atoms with E-state index in [2.05, 4.69) is 152 Å². The van der Waals surface area contributed by atoms with Gasteiger partial charge < -0.3 is 13.3 Å². The summed E-state index contributed by atoms with van der Waals surface area (Å²) in [4.78, 5) is 51.8. The molecular weight excluding hydrogens is 1430 g/mol. The van der Waals surface area contributed by atoms with Crippen molar-refractivity contribution < 1.29 is 13.3 Å². The first-order chi connectivity index (χ1) is 56.0. The summed E-state index contributed by atoms with van der Waals surface area (Å²) in [5.41, 5.74) is 19.3. The molecule has 0 atom stereocenters. The number of hydrogen-bond acceptors (Lipinski definition) is 15. The zero-order valence-corrected chi connectivity index (χ0v) is 61.5. The SMILES string of the molecule is c1ccc(-c2ccc(-c3nc(-c4ccccc4)nc(-c4cccc5oc6cccc(-c7nc(-c8ccccc8)nc8c7sc7ccccc78)c6c45)n3)cc2)cc1.c1ccc(-c2nc(-c3ccccc3)nc(-c3cccc4oc5cccc(-c6nc(-c7cccc8c7oc7ccccc78)nc7c6sc6ccccc67)c5c34)n2)cc1. The molecule has 0 bridgehead atoms. The molecule has 0 aliphatic carbocycles. The molecule has 528 valence electrons. The van der Waals surface area contributed by atoms with E-state index in [-0.39, 0.29) is 0 Å². The molecule has 0 aliphatic rings. The Morgan fingerprint density at radius 2 is 0.478 bits per heavy atom. The number of para-hydroxylation sites is 2. The van der Waals surface area contributed by atoms with Gasteiger partial charge in [-0.3, -0.25) is 0 Å². The van der Waals surface area contributed by atoms with Gasteiger partial charge in [0.05, 0.1) is 37.4 Å². The fourth-order valence-corrected chi connectivity index (χ4v) is 17.8. The maximum absolute atomic E-state index is 6.66. The fraction of sp³-hybridized carbons (Fsp3) is 0. The molecule has 15 heteroatoms. The highest BCUT2D eigenvalue weighted by atomic mass is 32.1. The Morgan fingerprint density at radius 3 is 0.938 bits per heavy atom. The van der Waals surface area contributed by atoms with E-state index >= 15 is 0 Å². The van der Waals surface area contributed by atoms with Crippen molar-refractivity contribution in [2.24, 2.45) is 0 Å². The summed E-state index contributed by atoms with van der Waals surface area (Å²) >= 11 is 3.41. The predicted molar refractivity (Wildman–Crippen MR) is 458 cm³/mol. The van der Waals surface area contributed by atoms with Crippen molar-refractivity contribution >= 4 is 129 Å². The van der Waals surface area contributed by atoms with Crippen LogP contribution in [0.1, 0.15) is 0 Å². The largest absolute Gasteiger partial charge is 0.456 e. The molecule has 23 rings (SSSR count). The van der Waals surface area contributed by atoms with E-state index in [1.807, 2.05) is 188 Å².